The summed E-state index contributed by atoms with van der Waals surface area (Å²) >= 11 is 3.41. The number of rotatable bonds is 5. The Morgan fingerprint density at radius 1 is 1.26 bits per heavy atom. The number of fused-ring (bicyclic) bond motifs is 3. The molecule has 0 unspecified atom stereocenters. The van der Waals surface area contributed by atoms with Crippen LogP contribution in [0.4, 0.5) is 16.2 Å². The minimum Gasteiger partial charge on any atom is -0.372 e. The van der Waals surface area contributed by atoms with Gasteiger partial charge in [0.05, 0.1) is 40.9 Å². The van der Waals surface area contributed by atoms with E-state index in [0.717, 1.165) is 29.9 Å². The first-order valence-corrected chi connectivity index (χ1v) is 10.9. The first-order chi connectivity index (χ1) is 14.9. The van der Waals surface area contributed by atoms with Crippen molar-refractivity contribution in [2.45, 2.75) is 32.2 Å². The predicted octanol–water partition coefficient (Wildman–Crippen LogP) is 3.10. The number of benzene rings is 1. The molecule has 0 spiro atoms. The average Bonchev–Trinajstić information content (AvgIpc) is 3.23. The minimum atomic E-state index is -0.388. The Morgan fingerprint density at radius 3 is 2.74 bits per heavy atom. The van der Waals surface area contributed by atoms with Crippen molar-refractivity contribution < 1.29 is 9.13 Å². The second-order valence-electron chi connectivity index (χ2n) is 8.49. The van der Waals surface area contributed by atoms with E-state index in [9.17, 15) is 0 Å². The molecule has 0 bridgehead atoms. The maximum absolute atomic E-state index is 15.4. The Bertz CT molecular complexity index is 1150. The van der Waals surface area contributed by atoms with Crippen molar-refractivity contribution >= 4 is 38.6 Å². The number of likely N-dealkylation sites (N-methyl/N-ethyl adjacent to an activating group) is 1. The highest BCUT2D eigenvalue weighted by molar-refractivity contribution is 9.10. The van der Waals surface area contributed by atoms with E-state index >= 15 is 4.39 Å². The zero-order valence-electron chi connectivity index (χ0n) is 17.6. The highest BCUT2D eigenvalue weighted by atomic mass is 79.9. The van der Waals surface area contributed by atoms with Crippen LogP contribution in [0.1, 0.15) is 23.7 Å². The summed E-state index contributed by atoms with van der Waals surface area (Å²) in [5.74, 6) is 0.705. The van der Waals surface area contributed by atoms with Gasteiger partial charge in [-0.05, 0) is 54.6 Å². The van der Waals surface area contributed by atoms with Gasteiger partial charge in [0, 0.05) is 24.8 Å². The van der Waals surface area contributed by atoms with E-state index in [1.54, 1.807) is 6.20 Å². The molecule has 2 aliphatic heterocycles. The van der Waals surface area contributed by atoms with Crippen LogP contribution in [0, 0.1) is 5.82 Å². The fraction of sp³-hybridized carbons (Fsp3) is 0.429. The van der Waals surface area contributed by atoms with Crippen LogP contribution in [0.3, 0.4) is 0 Å². The van der Waals surface area contributed by atoms with Gasteiger partial charge in [-0.3, -0.25) is 0 Å². The van der Waals surface area contributed by atoms with Gasteiger partial charge >= 0.3 is 0 Å². The van der Waals surface area contributed by atoms with Gasteiger partial charge in [-0.25, -0.2) is 9.37 Å². The molecule has 0 amide bonds. The zero-order valence-corrected chi connectivity index (χ0v) is 19.2. The first kappa shape index (κ1) is 20.5. The summed E-state index contributed by atoms with van der Waals surface area (Å²) in [5, 5.41) is 12.0. The normalized spacial score (nSPS) is 17.2. The van der Waals surface area contributed by atoms with Crippen LogP contribution in [0.25, 0.3) is 10.9 Å². The molecule has 1 aromatic carbocycles. The lowest BCUT2D eigenvalue weighted by Crippen LogP contribution is -2.67. The quantitative estimate of drug-likeness (QED) is 0.587. The molecule has 162 valence electrons. The molecular weight excluding hydrogens is 465 g/mol. The number of halogens is 2. The summed E-state index contributed by atoms with van der Waals surface area (Å²) in [6, 6.07) is 3.71. The van der Waals surface area contributed by atoms with E-state index in [-0.39, 0.29) is 11.4 Å². The number of hydrogen-bond acceptors (Lipinski definition) is 8. The van der Waals surface area contributed by atoms with Crippen LogP contribution in [0.15, 0.2) is 22.8 Å². The SMILES string of the molecule is CN(C)C1(C)CN(c2nc(NCc3cccnn3)c3c4c(c(Br)c(F)c3n2)COC4)C1. The Morgan fingerprint density at radius 2 is 2.03 bits per heavy atom. The molecule has 31 heavy (non-hydrogen) atoms. The van der Waals surface area contributed by atoms with Crippen molar-refractivity contribution in [2.24, 2.45) is 0 Å². The average molecular weight is 488 g/mol. The largest absolute Gasteiger partial charge is 0.372 e. The number of nitrogens with one attached hydrogen (secondary N) is 1. The molecule has 1 N–H and O–H groups in total. The number of anilines is 2. The molecule has 0 saturated carbocycles. The second kappa shape index (κ2) is 7.61. The van der Waals surface area contributed by atoms with E-state index < -0.39 is 0 Å². The summed E-state index contributed by atoms with van der Waals surface area (Å²) in [6.45, 7) is 4.91. The molecule has 10 heteroatoms. The van der Waals surface area contributed by atoms with Gasteiger partial charge in [0.2, 0.25) is 5.95 Å². The standard InChI is InChI=1S/C21H23BrFN7O/c1-21(29(2)3)10-30(11-21)20-26-18-15(13-8-31-9-14(13)16(22)17(18)23)19(27-20)24-7-12-5-4-6-25-28-12/h4-6H,7-11H2,1-3H3,(H,24,26,27). The molecule has 5 rings (SSSR count). The van der Waals surface area contributed by atoms with E-state index in [0.29, 0.717) is 46.9 Å². The van der Waals surface area contributed by atoms with Gasteiger partial charge in [-0.2, -0.15) is 15.2 Å². The third kappa shape index (κ3) is 3.42. The lowest BCUT2D eigenvalue weighted by atomic mass is 9.91. The van der Waals surface area contributed by atoms with Crippen LogP contribution in [-0.4, -0.2) is 57.8 Å². The van der Waals surface area contributed by atoms with E-state index in [1.807, 2.05) is 12.1 Å². The van der Waals surface area contributed by atoms with Crippen LogP contribution in [-0.2, 0) is 24.5 Å². The molecule has 0 radical (unpaired) electrons. The highest BCUT2D eigenvalue weighted by Gasteiger charge is 2.42. The van der Waals surface area contributed by atoms with Crippen LogP contribution in [0.2, 0.25) is 0 Å². The molecule has 3 aromatic rings. The maximum Gasteiger partial charge on any atom is 0.228 e. The molecule has 4 heterocycles. The van der Waals surface area contributed by atoms with Gasteiger partial charge < -0.3 is 19.9 Å². The van der Waals surface area contributed by atoms with Crippen LogP contribution in [0.5, 0.6) is 0 Å². The summed E-state index contributed by atoms with van der Waals surface area (Å²) < 4.78 is 21.4. The molecule has 8 nitrogen and oxygen atoms in total. The van der Waals surface area contributed by atoms with Crippen molar-refractivity contribution in [1.29, 1.82) is 0 Å². The van der Waals surface area contributed by atoms with Crippen LogP contribution >= 0.6 is 15.9 Å². The number of aromatic nitrogens is 4. The van der Waals surface area contributed by atoms with Crippen molar-refractivity contribution in [3.05, 3.63) is 45.4 Å². The molecule has 1 saturated heterocycles. The van der Waals surface area contributed by atoms with Crippen molar-refractivity contribution in [3.8, 4) is 0 Å². The van der Waals surface area contributed by atoms with Gasteiger partial charge in [0.1, 0.15) is 11.3 Å². The summed E-state index contributed by atoms with van der Waals surface area (Å²) in [4.78, 5) is 13.7. The topological polar surface area (TPSA) is 79.3 Å². The summed E-state index contributed by atoms with van der Waals surface area (Å²) in [5.41, 5.74) is 2.83. The molecule has 2 aromatic heterocycles. The van der Waals surface area contributed by atoms with Crippen molar-refractivity contribution in [2.75, 3.05) is 37.4 Å². The summed E-state index contributed by atoms with van der Waals surface area (Å²) in [6.07, 6.45) is 1.63. The highest BCUT2D eigenvalue weighted by Crippen LogP contribution is 2.41. The van der Waals surface area contributed by atoms with Gasteiger partial charge in [-0.15, -0.1) is 0 Å². The van der Waals surface area contributed by atoms with Gasteiger partial charge in [-0.1, -0.05) is 0 Å². The third-order valence-electron chi connectivity index (χ3n) is 6.21. The molecule has 1 fully saturated rings. The Balaban J connectivity index is 1.60. The Hall–Kier alpha value is -2.43. The van der Waals surface area contributed by atoms with E-state index in [1.165, 1.54) is 0 Å². The minimum absolute atomic E-state index is 0.0381. The first-order valence-electron chi connectivity index (χ1n) is 10.1. The van der Waals surface area contributed by atoms with Crippen molar-refractivity contribution in [3.63, 3.8) is 0 Å². The molecular formula is C21H23BrFN7O. The third-order valence-corrected chi connectivity index (χ3v) is 7.04. The molecule has 2 aliphatic rings. The smallest absolute Gasteiger partial charge is 0.228 e. The summed E-state index contributed by atoms with van der Waals surface area (Å²) in [7, 11) is 4.12. The molecule has 0 atom stereocenters. The monoisotopic (exact) mass is 487 g/mol. The fourth-order valence-corrected chi connectivity index (χ4v) is 4.59. The predicted molar refractivity (Wildman–Crippen MR) is 119 cm³/mol. The van der Waals surface area contributed by atoms with Gasteiger partial charge in [0.25, 0.3) is 0 Å². The Kier molecular flexibility index (Phi) is 5.03. The zero-order chi connectivity index (χ0) is 21.8. The maximum atomic E-state index is 15.4. The van der Waals surface area contributed by atoms with Gasteiger partial charge in [0.15, 0.2) is 5.82 Å². The second-order valence-corrected chi connectivity index (χ2v) is 9.28. The van der Waals surface area contributed by atoms with E-state index in [2.05, 4.69) is 67.2 Å². The lowest BCUT2D eigenvalue weighted by Gasteiger charge is -2.51. The number of hydrogen-bond donors (Lipinski definition) is 1. The number of nitrogens with zero attached hydrogens (tertiary/aromatic N) is 6. The number of ether oxygens (including phenoxy) is 1. The lowest BCUT2D eigenvalue weighted by molar-refractivity contribution is 0.132. The molecule has 0 aliphatic carbocycles. The van der Waals surface area contributed by atoms with Crippen LogP contribution < -0.4 is 10.2 Å². The van der Waals surface area contributed by atoms with E-state index in [4.69, 9.17) is 9.72 Å². The fourth-order valence-electron chi connectivity index (χ4n) is 4.05. The van der Waals surface area contributed by atoms with Crippen molar-refractivity contribution in [1.82, 2.24) is 25.1 Å². The Labute approximate surface area is 188 Å².